The highest BCUT2D eigenvalue weighted by Gasteiger charge is 2.30. The van der Waals surface area contributed by atoms with Crippen molar-refractivity contribution >= 4 is 0 Å². The summed E-state index contributed by atoms with van der Waals surface area (Å²) in [7, 11) is 4.80. The van der Waals surface area contributed by atoms with E-state index < -0.39 is 6.10 Å². The number of methoxy groups -OCH3 is 3. The minimum absolute atomic E-state index is 0.346. The zero-order valence-electron chi connectivity index (χ0n) is 11.3. The number of aliphatic hydroxyl groups is 1. The van der Waals surface area contributed by atoms with Crippen molar-refractivity contribution in [3.8, 4) is 17.2 Å². The molecule has 0 saturated carbocycles. The fourth-order valence-corrected chi connectivity index (χ4v) is 2.69. The van der Waals surface area contributed by atoms with Crippen molar-refractivity contribution < 1.29 is 19.3 Å². The summed E-state index contributed by atoms with van der Waals surface area (Å²) in [6.45, 7) is 2.14. The van der Waals surface area contributed by atoms with Crippen molar-refractivity contribution in [2.75, 3.05) is 21.3 Å². The van der Waals surface area contributed by atoms with Gasteiger partial charge < -0.3 is 19.3 Å². The van der Waals surface area contributed by atoms with Crippen molar-refractivity contribution in [3.05, 3.63) is 17.2 Å². The predicted molar refractivity (Wildman–Crippen MR) is 68.7 cm³/mol. The molecule has 2 rings (SSSR count). The Hall–Kier alpha value is -1.42. The van der Waals surface area contributed by atoms with Crippen LogP contribution in [0.2, 0.25) is 0 Å². The van der Waals surface area contributed by atoms with Crippen LogP contribution < -0.4 is 14.2 Å². The average Bonchev–Trinajstić information content (AvgIpc) is 2.40. The lowest BCUT2D eigenvalue weighted by Crippen LogP contribution is -2.15. The highest BCUT2D eigenvalue weighted by Crippen LogP contribution is 2.50. The summed E-state index contributed by atoms with van der Waals surface area (Å²) < 4.78 is 16.2. The Morgan fingerprint density at radius 1 is 1.06 bits per heavy atom. The minimum atomic E-state index is -0.454. The van der Waals surface area contributed by atoms with E-state index in [9.17, 15) is 5.11 Å². The second-order valence-electron chi connectivity index (χ2n) is 4.64. The Morgan fingerprint density at radius 3 is 2.28 bits per heavy atom. The molecule has 18 heavy (non-hydrogen) atoms. The van der Waals surface area contributed by atoms with Crippen LogP contribution in [-0.4, -0.2) is 26.4 Å². The average molecular weight is 252 g/mol. The maximum atomic E-state index is 10.1. The van der Waals surface area contributed by atoms with Gasteiger partial charge in [0.05, 0.1) is 27.4 Å². The van der Waals surface area contributed by atoms with E-state index in [1.165, 1.54) is 0 Å². The van der Waals surface area contributed by atoms with Crippen LogP contribution in [0.15, 0.2) is 6.07 Å². The number of benzene rings is 1. The zero-order chi connectivity index (χ0) is 13.3. The fraction of sp³-hybridized carbons (Fsp3) is 0.571. The molecule has 2 atom stereocenters. The van der Waals surface area contributed by atoms with Crippen LogP contribution in [0.3, 0.4) is 0 Å². The first-order valence-electron chi connectivity index (χ1n) is 6.14. The summed E-state index contributed by atoms with van der Waals surface area (Å²) in [6, 6.07) is 1.86. The summed E-state index contributed by atoms with van der Waals surface area (Å²) >= 11 is 0. The van der Waals surface area contributed by atoms with Crippen LogP contribution in [0, 0.1) is 0 Å². The third kappa shape index (κ3) is 1.90. The lowest BCUT2D eigenvalue weighted by Gasteiger charge is -2.30. The maximum absolute atomic E-state index is 10.1. The van der Waals surface area contributed by atoms with E-state index in [0.717, 1.165) is 24.0 Å². The highest BCUT2D eigenvalue weighted by atomic mass is 16.5. The molecule has 0 bridgehead atoms. The molecule has 0 amide bonds. The molecule has 1 aromatic rings. The van der Waals surface area contributed by atoms with Gasteiger partial charge in [-0.1, -0.05) is 6.92 Å². The van der Waals surface area contributed by atoms with Gasteiger partial charge in [0.15, 0.2) is 11.5 Å². The Bertz CT molecular complexity index is 442. The quantitative estimate of drug-likeness (QED) is 0.898. The number of hydrogen-bond donors (Lipinski definition) is 1. The predicted octanol–water partition coefficient (Wildman–Crippen LogP) is 2.64. The summed E-state index contributed by atoms with van der Waals surface area (Å²) in [5, 5.41) is 10.1. The lowest BCUT2D eigenvalue weighted by atomic mass is 9.81. The normalized spacial score (nSPS) is 22.3. The van der Waals surface area contributed by atoms with Crippen molar-refractivity contribution in [3.63, 3.8) is 0 Å². The monoisotopic (exact) mass is 252 g/mol. The number of ether oxygens (including phenoxy) is 3. The Kier molecular flexibility index (Phi) is 3.66. The van der Waals surface area contributed by atoms with Gasteiger partial charge in [0, 0.05) is 5.56 Å². The maximum Gasteiger partial charge on any atom is 0.203 e. The fourth-order valence-electron chi connectivity index (χ4n) is 2.69. The second-order valence-corrected chi connectivity index (χ2v) is 4.64. The first kappa shape index (κ1) is 13.0. The molecule has 1 unspecified atom stereocenters. The van der Waals surface area contributed by atoms with Gasteiger partial charge in [-0.15, -0.1) is 0 Å². The van der Waals surface area contributed by atoms with Gasteiger partial charge in [-0.3, -0.25) is 0 Å². The molecule has 0 spiro atoms. The number of fused-ring (bicyclic) bond motifs is 1. The van der Waals surface area contributed by atoms with Crippen LogP contribution in [0.4, 0.5) is 0 Å². The lowest BCUT2D eigenvalue weighted by molar-refractivity contribution is 0.149. The summed E-state index contributed by atoms with van der Waals surface area (Å²) in [6.07, 6.45) is 1.26. The molecule has 1 aliphatic rings. The Labute approximate surface area is 107 Å². The van der Waals surface area contributed by atoms with Gasteiger partial charge in [-0.2, -0.15) is 0 Å². The van der Waals surface area contributed by atoms with E-state index in [4.69, 9.17) is 14.2 Å². The number of aliphatic hydroxyl groups excluding tert-OH is 1. The molecule has 4 heteroatoms. The molecule has 1 aliphatic carbocycles. The van der Waals surface area contributed by atoms with Crippen LogP contribution in [0.1, 0.15) is 42.9 Å². The van der Waals surface area contributed by atoms with Crippen LogP contribution >= 0.6 is 0 Å². The van der Waals surface area contributed by atoms with Gasteiger partial charge >= 0.3 is 0 Å². The summed E-state index contributed by atoms with van der Waals surface area (Å²) in [5.41, 5.74) is 1.93. The van der Waals surface area contributed by atoms with Gasteiger partial charge in [0.1, 0.15) is 0 Å². The first-order chi connectivity index (χ1) is 8.63. The molecule has 0 aromatic heterocycles. The second kappa shape index (κ2) is 5.06. The van der Waals surface area contributed by atoms with Gasteiger partial charge in [-0.05, 0) is 30.4 Å². The SMILES string of the molecule is COc1cc2c(c(OC)c1OC)C(C)CC[C@H]2O. The smallest absolute Gasteiger partial charge is 0.203 e. The highest BCUT2D eigenvalue weighted by molar-refractivity contribution is 5.61. The Morgan fingerprint density at radius 2 is 1.72 bits per heavy atom. The van der Waals surface area contributed by atoms with Gasteiger partial charge in [-0.25, -0.2) is 0 Å². The summed E-state index contributed by atoms with van der Waals surface area (Å²) in [4.78, 5) is 0. The van der Waals surface area contributed by atoms with Crippen molar-refractivity contribution in [2.24, 2.45) is 0 Å². The van der Waals surface area contributed by atoms with Gasteiger partial charge in [0.2, 0.25) is 5.75 Å². The van der Waals surface area contributed by atoms with Crippen molar-refractivity contribution in [2.45, 2.75) is 31.8 Å². The topological polar surface area (TPSA) is 47.9 Å². The molecule has 0 fully saturated rings. The van der Waals surface area contributed by atoms with Crippen LogP contribution in [0.25, 0.3) is 0 Å². The van der Waals surface area contributed by atoms with E-state index >= 15 is 0 Å². The molecule has 1 N–H and O–H groups in total. The van der Waals surface area contributed by atoms with E-state index in [0.29, 0.717) is 23.2 Å². The van der Waals surface area contributed by atoms with E-state index in [1.54, 1.807) is 21.3 Å². The molecule has 0 radical (unpaired) electrons. The zero-order valence-corrected chi connectivity index (χ0v) is 11.3. The van der Waals surface area contributed by atoms with E-state index in [1.807, 2.05) is 6.07 Å². The van der Waals surface area contributed by atoms with Gasteiger partial charge in [0.25, 0.3) is 0 Å². The largest absolute Gasteiger partial charge is 0.493 e. The molecular formula is C14H20O4. The molecule has 1 aromatic carbocycles. The van der Waals surface area contributed by atoms with E-state index in [-0.39, 0.29) is 0 Å². The third-order valence-electron chi connectivity index (χ3n) is 3.63. The number of hydrogen-bond acceptors (Lipinski definition) is 4. The molecule has 4 nitrogen and oxygen atoms in total. The number of rotatable bonds is 3. The molecular weight excluding hydrogens is 232 g/mol. The van der Waals surface area contributed by atoms with Crippen molar-refractivity contribution in [1.82, 2.24) is 0 Å². The third-order valence-corrected chi connectivity index (χ3v) is 3.63. The molecule has 0 saturated heterocycles. The molecule has 0 aliphatic heterocycles. The minimum Gasteiger partial charge on any atom is -0.493 e. The molecule has 0 heterocycles. The van der Waals surface area contributed by atoms with E-state index in [2.05, 4.69) is 6.92 Å². The molecule has 100 valence electrons. The first-order valence-corrected chi connectivity index (χ1v) is 6.14. The summed E-state index contributed by atoms with van der Waals surface area (Å²) in [5.74, 6) is 2.22. The van der Waals surface area contributed by atoms with Crippen LogP contribution in [-0.2, 0) is 0 Å². The van der Waals surface area contributed by atoms with Crippen LogP contribution in [0.5, 0.6) is 17.2 Å². The standard InChI is InChI=1S/C14H20O4/c1-8-5-6-10(15)9-7-11(16-2)13(17-3)14(18-4)12(8)9/h7-8,10,15H,5-6H2,1-4H3/t8?,10-/m1/s1. The van der Waals surface area contributed by atoms with Crippen molar-refractivity contribution in [1.29, 1.82) is 0 Å². The Balaban J connectivity index is 2.70.